The Labute approximate surface area is 876 Å². The summed E-state index contributed by atoms with van der Waals surface area (Å²) < 4.78 is 25.3. The van der Waals surface area contributed by atoms with E-state index in [9.17, 15) is 86.3 Å². The van der Waals surface area contributed by atoms with Gasteiger partial charge in [-0.05, 0) is 149 Å². The molecule has 792 valence electrons. The number of carbonyl (C=O) groups is 18. The number of carbonyl (C=O) groups excluding carboxylic acids is 18. The van der Waals surface area contributed by atoms with Gasteiger partial charge in [-0.2, -0.15) is 0 Å². The normalized spacial score (nSPS) is 10.5. The number of amides is 12. The number of Topliss-reactive ketones (excluding diaryl/α,β-unsaturated/α-hetero) is 1. The summed E-state index contributed by atoms with van der Waals surface area (Å²) in [4.78, 5) is 242. The summed E-state index contributed by atoms with van der Waals surface area (Å²) in [6, 6.07) is 53.6. The van der Waals surface area contributed by atoms with Gasteiger partial charge in [0, 0.05) is 209 Å². The number of hydrogen-bond acceptors (Lipinski definition) is 23. The van der Waals surface area contributed by atoms with Gasteiger partial charge in [-0.3, -0.25) is 86.3 Å². The Kier molecular flexibility index (Phi) is 40.6. The molecule has 0 aliphatic heterocycles. The number of benzene rings is 10. The van der Waals surface area contributed by atoms with Crippen molar-refractivity contribution in [3.05, 3.63) is 218 Å². The van der Waals surface area contributed by atoms with Crippen molar-refractivity contribution in [3.8, 4) is 95.5 Å². The number of esters is 5. The van der Waals surface area contributed by atoms with E-state index in [0.717, 1.165) is 64.0 Å². The minimum Gasteiger partial charge on any atom is -0.422 e. The van der Waals surface area contributed by atoms with Crippen molar-refractivity contribution in [2.45, 2.75) is 131 Å². The molecule has 0 bridgehead atoms. The van der Waals surface area contributed by atoms with Gasteiger partial charge in [0.1, 0.15) is 5.78 Å². The second-order valence-electron chi connectivity index (χ2n) is 37.1. The maximum absolute atomic E-state index is 13.6. The van der Waals surface area contributed by atoms with Crippen LogP contribution in [-0.2, 0) is 64.0 Å². The van der Waals surface area contributed by atoms with Crippen LogP contribution in [0, 0.1) is 41.5 Å². The molecule has 0 fully saturated rings. The lowest BCUT2D eigenvalue weighted by Crippen LogP contribution is -2.41. The third-order valence-electron chi connectivity index (χ3n) is 24.4. The highest BCUT2D eigenvalue weighted by Gasteiger charge is 2.45. The third kappa shape index (κ3) is 26.4. The smallest absolute Gasteiger partial charge is 0.308 e. The second-order valence-corrected chi connectivity index (χ2v) is 37.1. The maximum atomic E-state index is 13.6. The van der Waals surface area contributed by atoms with E-state index < -0.39 is 175 Å². The van der Waals surface area contributed by atoms with E-state index >= 15 is 0 Å². The molecule has 0 heterocycles. The first-order chi connectivity index (χ1) is 70.0. The van der Waals surface area contributed by atoms with Crippen LogP contribution in [0.25, 0.3) is 66.8 Å². The van der Waals surface area contributed by atoms with Crippen LogP contribution in [0.4, 0.5) is 34.1 Å². The van der Waals surface area contributed by atoms with E-state index in [0.29, 0.717) is 0 Å². The highest BCUT2D eigenvalue weighted by atomic mass is 16.6. The Morgan fingerprint density at radius 2 is 0.320 bits per heavy atom. The molecule has 35 nitrogen and oxygen atoms in total. The molecule has 150 heavy (non-hydrogen) atoms. The van der Waals surface area contributed by atoms with Gasteiger partial charge in [0.2, 0.25) is 52.7 Å². The Hall–Kier alpha value is -17.1. The summed E-state index contributed by atoms with van der Waals surface area (Å²) in [6.45, 7) is 27.6. The first-order valence-corrected chi connectivity index (χ1v) is 47.5. The van der Waals surface area contributed by atoms with Crippen molar-refractivity contribution in [2.75, 3.05) is 156 Å². The zero-order valence-electron chi connectivity index (χ0n) is 92.3. The SMILES string of the molecule is CC(=O)Cc1c(OC(C)=O)c(OC(C)=O)c(OC(C)=O)c(OC(C)=O)c1OC(C)=O.CC(=O)N(C)c1c(N(C)C(C)=O)c(N(C)C(C)=O)c(N(C)C(C)=O)c(N(C)C(C)=O)c1N(C)C(C)=O.CN(C)C(=O)c1c(C(=O)N(C)C)c(C(=O)N(C)C)c(C(=O)N(C)C)c(C(=O)N(C)C)c1C(=O)N(C)C.Cc1ccccc1-c1c(-c2ccccc2C)c(-c2ccccc2C)c(-c2ccccc2C)c(-c2ccccc2C)c1-c1ccccc1C. The van der Waals surface area contributed by atoms with Crippen LogP contribution < -0.4 is 53.1 Å². The summed E-state index contributed by atoms with van der Waals surface area (Å²) in [7, 11) is 25.7. The molecule has 10 aromatic carbocycles. The molecular formula is C115H134N12O23. The Morgan fingerprint density at radius 3 is 0.433 bits per heavy atom. The summed E-state index contributed by atoms with van der Waals surface area (Å²) >= 11 is 0. The average Bonchev–Trinajstić information content (AvgIpc) is 0.697. The summed E-state index contributed by atoms with van der Waals surface area (Å²) in [5.41, 5.74) is 20.6. The Bertz CT molecular complexity index is 5960. The van der Waals surface area contributed by atoms with E-state index in [2.05, 4.69) is 187 Å². The van der Waals surface area contributed by atoms with Crippen molar-refractivity contribution in [1.29, 1.82) is 0 Å². The number of aryl methyl sites for hydroxylation is 6. The molecule has 12 amide bonds. The number of nitrogens with zero attached hydrogens (tertiary/aromatic N) is 12. The topological polar surface area (TPSA) is 392 Å². The average molecular weight is 2050 g/mol. The molecule has 35 heteroatoms. The minimum atomic E-state index is -0.932. The molecule has 0 aliphatic carbocycles. The predicted molar refractivity (Wildman–Crippen MR) is 580 cm³/mol. The summed E-state index contributed by atoms with van der Waals surface area (Å²) in [5, 5.41) is 0. The number of anilines is 6. The molecule has 0 N–H and O–H groups in total. The molecule has 10 aromatic rings. The van der Waals surface area contributed by atoms with Gasteiger partial charge in [0.25, 0.3) is 35.4 Å². The van der Waals surface area contributed by atoms with Gasteiger partial charge >= 0.3 is 29.8 Å². The third-order valence-corrected chi connectivity index (χ3v) is 24.4. The van der Waals surface area contributed by atoms with E-state index in [-0.39, 0.29) is 39.7 Å². The van der Waals surface area contributed by atoms with Crippen LogP contribution in [0.3, 0.4) is 0 Å². The van der Waals surface area contributed by atoms with Crippen LogP contribution in [0.5, 0.6) is 28.7 Å². The molecule has 0 spiro atoms. The van der Waals surface area contributed by atoms with E-state index in [1.54, 1.807) is 0 Å². The lowest BCUT2D eigenvalue weighted by Gasteiger charge is -2.40. The van der Waals surface area contributed by atoms with Crippen LogP contribution in [0.15, 0.2) is 146 Å². The predicted octanol–water partition coefficient (Wildman–Crippen LogP) is 16.5. The number of rotatable bonds is 25. The van der Waals surface area contributed by atoms with Gasteiger partial charge < -0.3 is 82.5 Å². The van der Waals surface area contributed by atoms with Crippen molar-refractivity contribution >= 4 is 141 Å². The fourth-order valence-electron chi connectivity index (χ4n) is 16.7. The van der Waals surface area contributed by atoms with Gasteiger partial charge in [0.15, 0.2) is 11.5 Å². The van der Waals surface area contributed by atoms with E-state index in [1.165, 1.54) is 305 Å². The minimum absolute atomic E-state index is 0.102. The molecule has 0 aliphatic rings. The fraction of sp³-hybridized carbons (Fsp3) is 0.322. The van der Waals surface area contributed by atoms with Gasteiger partial charge in [-0.15, -0.1) is 0 Å². The number of ether oxygens (including phenoxy) is 5. The summed E-state index contributed by atoms with van der Waals surface area (Å²) in [5.74, 6) is -15.3. The van der Waals surface area contributed by atoms with Crippen LogP contribution in [0.1, 0.15) is 184 Å². The number of ketones is 1. The van der Waals surface area contributed by atoms with Crippen LogP contribution >= 0.6 is 0 Å². The Morgan fingerprint density at radius 1 is 0.193 bits per heavy atom. The molecule has 0 unspecified atom stereocenters. The monoisotopic (exact) mass is 2050 g/mol. The fourth-order valence-corrected chi connectivity index (χ4v) is 16.7. The molecular weight excluding hydrogens is 1920 g/mol. The van der Waals surface area contributed by atoms with Crippen molar-refractivity contribution in [3.63, 3.8) is 0 Å². The van der Waals surface area contributed by atoms with E-state index in [1.807, 2.05) is 0 Å². The molecule has 10 rings (SSSR count). The van der Waals surface area contributed by atoms with Gasteiger partial charge in [0.05, 0.1) is 73.1 Å². The summed E-state index contributed by atoms with van der Waals surface area (Å²) in [6.07, 6.45) is -0.478. The van der Waals surface area contributed by atoms with Crippen LogP contribution in [-0.4, -0.2) is 263 Å². The van der Waals surface area contributed by atoms with Crippen molar-refractivity contribution < 1.29 is 110 Å². The van der Waals surface area contributed by atoms with Crippen molar-refractivity contribution in [2.24, 2.45) is 0 Å². The first-order valence-electron chi connectivity index (χ1n) is 47.5. The lowest BCUT2D eigenvalue weighted by molar-refractivity contribution is -0.137. The zero-order valence-corrected chi connectivity index (χ0v) is 92.3. The van der Waals surface area contributed by atoms with E-state index in [4.69, 9.17) is 23.7 Å². The molecule has 0 radical (unpaired) electrons. The zero-order chi connectivity index (χ0) is 113. The molecule has 0 saturated heterocycles. The standard InChI is InChI=1S/C48H42.2C24H36N6O6.C19H20O11/c1-31-19-7-13-25-37(31)43-44(38-26-14-8-20-32(38)2)46(40-28-16-10-22-34(40)4)48(42-30-18-12-24-36(42)6)47(41-29-17-11-23-35(41)5)45(43)39-27-15-9-21-33(39)3;1-25(2)19(31)13-14(20(32)26(3)4)16(22(34)28(7)8)18(24(36)30(11)12)17(23(35)29(9)10)15(13)21(33)27(5)6;1-13(31)25(7)19-20(26(8)14(2)32)22(28(10)16(4)34)24(30(12)18(6)36)23(29(11)17(5)35)21(19)27(9)15(3)33;1-8(20)7-14-15(26-9(2)21)17(28-11(4)23)19(30-13(6)25)18(29-12(5)24)16(14)27-10(3)22/h7-30H,1-6H3;2*1-12H3;7H2,1-6H3. The lowest BCUT2D eigenvalue weighted by atomic mass is 9.71. The largest absolute Gasteiger partial charge is 0.422 e. The first kappa shape index (κ1) is 120. The van der Waals surface area contributed by atoms with Gasteiger partial charge in [-0.1, -0.05) is 146 Å². The van der Waals surface area contributed by atoms with Crippen LogP contribution in [0.2, 0.25) is 0 Å². The van der Waals surface area contributed by atoms with Gasteiger partial charge in [-0.25, -0.2) is 0 Å². The number of hydrogen-bond donors (Lipinski definition) is 0. The van der Waals surface area contributed by atoms with Crippen molar-refractivity contribution in [1.82, 2.24) is 29.4 Å². The highest BCUT2D eigenvalue weighted by Crippen LogP contribution is 2.61. The maximum Gasteiger partial charge on any atom is 0.308 e. The Balaban J connectivity index is 0.000000275. The molecule has 0 aromatic heterocycles. The quantitative estimate of drug-likeness (QED) is 0.0379. The molecule has 0 atom stereocenters. The molecule has 0 saturated carbocycles. The second kappa shape index (κ2) is 50.8. The highest BCUT2D eigenvalue weighted by molar-refractivity contribution is 6.29.